The van der Waals surface area contributed by atoms with Gasteiger partial charge in [0.2, 0.25) is 5.95 Å². The molecule has 122 valence electrons. The Labute approximate surface area is 147 Å². The molecule has 24 heavy (non-hydrogen) atoms. The molecule has 0 aromatic carbocycles. The molecule has 0 radical (unpaired) electrons. The maximum absolute atomic E-state index is 12.2. The molecule has 3 rings (SSSR count). The fraction of sp³-hybridized carbons (Fsp3) is 0.133. The Morgan fingerprint density at radius 3 is 2.58 bits per heavy atom. The number of hydrogen-bond donors (Lipinski definition) is 2. The average molecular weight is 361 g/mol. The lowest BCUT2D eigenvalue weighted by atomic mass is 10.4. The number of carbonyl (C=O) groups is 1. The van der Waals surface area contributed by atoms with Crippen molar-refractivity contribution in [2.45, 2.75) is 13.8 Å². The van der Waals surface area contributed by atoms with Crippen LogP contribution in [-0.4, -0.2) is 25.8 Å². The van der Waals surface area contributed by atoms with Crippen molar-refractivity contribution in [2.24, 2.45) is 0 Å². The van der Waals surface area contributed by atoms with Crippen LogP contribution in [0, 0.1) is 13.8 Å². The summed E-state index contributed by atoms with van der Waals surface area (Å²) in [5.74, 6) is 0.125. The quantitative estimate of drug-likeness (QED) is 0.690. The van der Waals surface area contributed by atoms with E-state index in [0.29, 0.717) is 27.6 Å². The maximum Gasteiger partial charge on any atom is 0.275 e. The van der Waals surface area contributed by atoms with E-state index in [2.05, 4.69) is 30.6 Å². The van der Waals surface area contributed by atoms with Gasteiger partial charge in [-0.2, -0.15) is 0 Å². The van der Waals surface area contributed by atoms with E-state index in [4.69, 9.17) is 11.6 Å². The number of pyridine rings is 1. The Bertz CT molecular complexity index is 860. The van der Waals surface area contributed by atoms with Crippen molar-refractivity contribution in [1.29, 1.82) is 0 Å². The number of nitrogens with one attached hydrogen (secondary N) is 2. The molecule has 0 saturated carbocycles. The molecule has 1 amide bonds. The first-order valence-electron chi connectivity index (χ1n) is 6.97. The summed E-state index contributed by atoms with van der Waals surface area (Å²) in [4.78, 5) is 28.9. The minimum atomic E-state index is -0.329. The van der Waals surface area contributed by atoms with Gasteiger partial charge in [-0.15, -0.1) is 11.3 Å². The van der Waals surface area contributed by atoms with E-state index in [0.717, 1.165) is 11.4 Å². The van der Waals surface area contributed by atoms with E-state index >= 15 is 0 Å². The lowest BCUT2D eigenvalue weighted by molar-refractivity contribution is 0.102. The summed E-state index contributed by atoms with van der Waals surface area (Å²) >= 11 is 7.01. The van der Waals surface area contributed by atoms with Gasteiger partial charge in [-0.3, -0.25) is 4.79 Å². The second-order valence-corrected chi connectivity index (χ2v) is 6.21. The summed E-state index contributed by atoms with van der Waals surface area (Å²) in [6.45, 7) is 3.78. The van der Waals surface area contributed by atoms with Gasteiger partial charge in [0, 0.05) is 16.8 Å². The molecule has 2 N–H and O–H groups in total. The predicted molar refractivity (Wildman–Crippen MR) is 94.1 cm³/mol. The average Bonchev–Trinajstić information content (AvgIpc) is 2.97. The van der Waals surface area contributed by atoms with Crippen molar-refractivity contribution in [3.8, 4) is 0 Å². The van der Waals surface area contributed by atoms with Crippen LogP contribution in [0.2, 0.25) is 5.15 Å². The second kappa shape index (κ2) is 6.90. The van der Waals surface area contributed by atoms with Crippen LogP contribution >= 0.6 is 22.9 Å². The predicted octanol–water partition coefficient (Wildman–Crippen LogP) is 3.59. The Hall–Kier alpha value is -2.58. The van der Waals surface area contributed by atoms with Crippen LogP contribution in [0.4, 0.5) is 16.8 Å². The normalized spacial score (nSPS) is 10.5. The second-order valence-electron chi connectivity index (χ2n) is 4.96. The highest BCUT2D eigenvalue weighted by atomic mass is 35.5. The SMILES string of the molecule is Cc1cc(C)nc(Nc2nc(C(=O)Nc3ccc(Cl)nc3)cs2)n1. The van der Waals surface area contributed by atoms with Crippen LogP contribution in [0.15, 0.2) is 29.8 Å². The fourth-order valence-electron chi connectivity index (χ4n) is 1.96. The molecule has 7 nitrogen and oxygen atoms in total. The van der Waals surface area contributed by atoms with Crippen molar-refractivity contribution in [2.75, 3.05) is 10.6 Å². The van der Waals surface area contributed by atoms with E-state index in [-0.39, 0.29) is 5.91 Å². The molecule has 0 aliphatic rings. The molecule has 0 bridgehead atoms. The molecule has 0 aliphatic carbocycles. The van der Waals surface area contributed by atoms with Gasteiger partial charge in [0.15, 0.2) is 5.13 Å². The third kappa shape index (κ3) is 4.03. The van der Waals surface area contributed by atoms with Crippen molar-refractivity contribution in [3.63, 3.8) is 0 Å². The molecule has 3 aromatic heterocycles. The van der Waals surface area contributed by atoms with Crippen molar-refractivity contribution in [1.82, 2.24) is 19.9 Å². The number of carbonyl (C=O) groups excluding carboxylic acids is 1. The number of rotatable bonds is 4. The van der Waals surface area contributed by atoms with Crippen LogP contribution in [0.1, 0.15) is 21.9 Å². The minimum absolute atomic E-state index is 0.293. The van der Waals surface area contributed by atoms with Crippen LogP contribution in [0.3, 0.4) is 0 Å². The first kappa shape index (κ1) is 16.3. The number of halogens is 1. The summed E-state index contributed by atoms with van der Waals surface area (Å²) in [7, 11) is 0. The Balaban J connectivity index is 1.70. The van der Waals surface area contributed by atoms with Crippen LogP contribution in [-0.2, 0) is 0 Å². The van der Waals surface area contributed by atoms with Gasteiger partial charge in [-0.05, 0) is 32.0 Å². The zero-order valence-electron chi connectivity index (χ0n) is 12.9. The van der Waals surface area contributed by atoms with Gasteiger partial charge in [0.1, 0.15) is 10.8 Å². The number of aromatic nitrogens is 4. The Kier molecular flexibility index (Phi) is 4.68. The van der Waals surface area contributed by atoms with E-state index < -0.39 is 0 Å². The lowest BCUT2D eigenvalue weighted by Crippen LogP contribution is -2.12. The summed E-state index contributed by atoms with van der Waals surface area (Å²) < 4.78 is 0. The van der Waals surface area contributed by atoms with Crippen molar-refractivity contribution >= 4 is 45.6 Å². The Morgan fingerprint density at radius 2 is 1.92 bits per heavy atom. The first-order valence-corrected chi connectivity index (χ1v) is 8.23. The van der Waals surface area contributed by atoms with Crippen LogP contribution in [0.5, 0.6) is 0 Å². The number of aryl methyl sites for hydroxylation is 2. The molecule has 0 saturated heterocycles. The number of thiazole rings is 1. The number of anilines is 3. The van der Waals surface area contributed by atoms with E-state index in [1.807, 2.05) is 19.9 Å². The molecule has 9 heteroatoms. The summed E-state index contributed by atoms with van der Waals surface area (Å²) in [5.41, 5.74) is 2.55. The lowest BCUT2D eigenvalue weighted by Gasteiger charge is -2.03. The Morgan fingerprint density at radius 1 is 1.17 bits per heavy atom. The zero-order valence-corrected chi connectivity index (χ0v) is 14.4. The summed E-state index contributed by atoms with van der Waals surface area (Å²) in [5, 5.41) is 8.27. The van der Waals surface area contributed by atoms with Gasteiger partial charge in [0.25, 0.3) is 5.91 Å². The monoisotopic (exact) mass is 360 g/mol. The van der Waals surface area contributed by atoms with E-state index in [1.54, 1.807) is 17.5 Å². The zero-order chi connectivity index (χ0) is 17.1. The molecule has 0 atom stereocenters. The smallest absolute Gasteiger partial charge is 0.275 e. The minimum Gasteiger partial charge on any atom is -0.319 e. The first-order chi connectivity index (χ1) is 11.5. The molecule has 3 heterocycles. The standard InChI is InChI=1S/C15H13ClN6OS/c1-8-5-9(2)19-14(18-8)22-15-21-11(7-24-15)13(23)20-10-3-4-12(16)17-6-10/h3-7H,1-2H3,(H,20,23)(H,18,19,21,22). The highest BCUT2D eigenvalue weighted by molar-refractivity contribution is 7.14. The molecule has 0 spiro atoms. The van der Waals surface area contributed by atoms with E-state index in [1.165, 1.54) is 17.5 Å². The highest BCUT2D eigenvalue weighted by Gasteiger charge is 2.12. The summed E-state index contributed by atoms with van der Waals surface area (Å²) in [6, 6.07) is 5.15. The van der Waals surface area contributed by atoms with Crippen LogP contribution in [0.25, 0.3) is 0 Å². The highest BCUT2D eigenvalue weighted by Crippen LogP contribution is 2.20. The van der Waals surface area contributed by atoms with Crippen molar-refractivity contribution in [3.05, 3.63) is 52.0 Å². The van der Waals surface area contributed by atoms with Crippen molar-refractivity contribution < 1.29 is 4.79 Å². The van der Waals surface area contributed by atoms with Gasteiger partial charge in [-0.1, -0.05) is 11.6 Å². The molecule has 0 fully saturated rings. The third-order valence-electron chi connectivity index (χ3n) is 2.92. The van der Waals surface area contributed by atoms with E-state index in [9.17, 15) is 4.79 Å². The molecule has 0 unspecified atom stereocenters. The number of amides is 1. The van der Waals surface area contributed by atoms with Gasteiger partial charge in [-0.25, -0.2) is 19.9 Å². The molecular weight excluding hydrogens is 348 g/mol. The van der Waals surface area contributed by atoms with Crippen LogP contribution < -0.4 is 10.6 Å². The molecule has 3 aromatic rings. The van der Waals surface area contributed by atoms with Gasteiger partial charge < -0.3 is 10.6 Å². The van der Waals surface area contributed by atoms with Gasteiger partial charge >= 0.3 is 0 Å². The third-order valence-corrected chi connectivity index (χ3v) is 3.90. The topological polar surface area (TPSA) is 92.7 Å². The largest absolute Gasteiger partial charge is 0.319 e. The molecule has 0 aliphatic heterocycles. The maximum atomic E-state index is 12.2. The number of hydrogen-bond acceptors (Lipinski definition) is 7. The number of nitrogens with zero attached hydrogens (tertiary/aromatic N) is 4. The fourth-order valence-corrected chi connectivity index (χ4v) is 2.75. The molecular formula is C15H13ClN6OS. The summed E-state index contributed by atoms with van der Waals surface area (Å²) in [6.07, 6.45) is 1.48. The van der Waals surface area contributed by atoms with Gasteiger partial charge in [0.05, 0.1) is 11.9 Å².